The summed E-state index contributed by atoms with van der Waals surface area (Å²) >= 11 is 0. The molecule has 1 saturated heterocycles. The Hall–Kier alpha value is -0.210. The summed E-state index contributed by atoms with van der Waals surface area (Å²) in [5.41, 5.74) is 0. The van der Waals surface area contributed by atoms with Gasteiger partial charge in [0.1, 0.15) is 0 Å². The van der Waals surface area contributed by atoms with E-state index in [2.05, 4.69) is 4.84 Å². The lowest BCUT2D eigenvalue weighted by Crippen LogP contribution is -2.39. The van der Waals surface area contributed by atoms with Gasteiger partial charge in [0.2, 0.25) is 0 Å². The van der Waals surface area contributed by atoms with Crippen LogP contribution in [0.4, 0.5) is 0 Å². The highest BCUT2D eigenvalue weighted by atomic mass is 32.2. The monoisotopic (exact) mass is 209 g/mol. The predicted octanol–water partition coefficient (Wildman–Crippen LogP) is -1.24. The molecule has 0 aliphatic carbocycles. The number of rotatable bonds is 3. The van der Waals surface area contributed by atoms with E-state index in [4.69, 9.17) is 5.90 Å². The first-order valence-corrected chi connectivity index (χ1v) is 5.41. The molecule has 0 bridgehead atoms. The summed E-state index contributed by atoms with van der Waals surface area (Å²) in [6, 6.07) is 0. The summed E-state index contributed by atoms with van der Waals surface area (Å²) in [6.07, 6.45) is 0.485. The van der Waals surface area contributed by atoms with Crippen LogP contribution in [-0.2, 0) is 15.0 Å². The van der Waals surface area contributed by atoms with Gasteiger partial charge in [-0.25, -0.2) is 5.90 Å². The molecule has 1 aliphatic heterocycles. The van der Waals surface area contributed by atoms with Gasteiger partial charge in [-0.3, -0.25) is 4.84 Å². The van der Waals surface area contributed by atoms with E-state index in [1.807, 2.05) is 0 Å². The van der Waals surface area contributed by atoms with Crippen LogP contribution in [0.1, 0.15) is 6.42 Å². The average molecular weight is 209 g/mol. The van der Waals surface area contributed by atoms with Crippen molar-refractivity contribution >= 4 is 10.2 Å². The molecule has 1 unspecified atom stereocenters. The summed E-state index contributed by atoms with van der Waals surface area (Å²) in [5.74, 6) is 4.98. The van der Waals surface area contributed by atoms with Crippen molar-refractivity contribution in [3.8, 4) is 0 Å². The molecule has 0 amide bonds. The van der Waals surface area contributed by atoms with E-state index >= 15 is 0 Å². The van der Waals surface area contributed by atoms with Gasteiger partial charge >= 0.3 is 0 Å². The summed E-state index contributed by atoms with van der Waals surface area (Å²) in [7, 11) is -0.277. The minimum Gasteiger partial charge on any atom is -0.300 e. The van der Waals surface area contributed by atoms with Gasteiger partial charge in [-0.05, 0) is 6.42 Å². The zero-order chi connectivity index (χ0) is 10.1. The summed E-state index contributed by atoms with van der Waals surface area (Å²) < 4.78 is 25.7. The summed E-state index contributed by atoms with van der Waals surface area (Å²) in [5, 5.41) is 0. The number of nitrogens with zero attached hydrogens (tertiary/aromatic N) is 2. The Kier molecular flexibility index (Phi) is 3.25. The third-order valence-electron chi connectivity index (χ3n) is 2.09. The van der Waals surface area contributed by atoms with Gasteiger partial charge in [0, 0.05) is 27.2 Å². The molecule has 2 N–H and O–H groups in total. The molecular weight excluding hydrogens is 194 g/mol. The van der Waals surface area contributed by atoms with Gasteiger partial charge in [0.15, 0.2) is 0 Å². The molecule has 1 aliphatic rings. The van der Waals surface area contributed by atoms with E-state index in [9.17, 15) is 8.42 Å². The maximum Gasteiger partial charge on any atom is 0.281 e. The van der Waals surface area contributed by atoms with Crippen molar-refractivity contribution < 1.29 is 13.3 Å². The van der Waals surface area contributed by atoms with Crippen molar-refractivity contribution in [2.45, 2.75) is 12.5 Å². The minimum absolute atomic E-state index is 0.172. The Balaban J connectivity index is 2.66. The first-order chi connectivity index (χ1) is 5.98. The fourth-order valence-electron chi connectivity index (χ4n) is 1.25. The van der Waals surface area contributed by atoms with Crippen molar-refractivity contribution in [2.24, 2.45) is 5.90 Å². The highest BCUT2D eigenvalue weighted by Crippen LogP contribution is 2.16. The van der Waals surface area contributed by atoms with Crippen LogP contribution in [-0.4, -0.2) is 50.3 Å². The Morgan fingerprint density at radius 2 is 2.15 bits per heavy atom. The van der Waals surface area contributed by atoms with E-state index < -0.39 is 10.2 Å². The molecule has 7 heteroatoms. The zero-order valence-electron chi connectivity index (χ0n) is 7.80. The molecule has 1 rings (SSSR count). The van der Waals surface area contributed by atoms with Crippen molar-refractivity contribution in [2.75, 3.05) is 27.2 Å². The van der Waals surface area contributed by atoms with Crippen molar-refractivity contribution in [1.82, 2.24) is 8.61 Å². The van der Waals surface area contributed by atoms with Crippen LogP contribution >= 0.6 is 0 Å². The van der Waals surface area contributed by atoms with Gasteiger partial charge in [-0.15, -0.1) is 0 Å². The standard InChI is InChI=1S/C6H15N3O3S/c1-8(2)13(10,11)9-4-3-6(5-9)12-7/h6H,3-5,7H2,1-2H3. The highest BCUT2D eigenvalue weighted by molar-refractivity contribution is 7.86. The molecule has 6 nitrogen and oxygen atoms in total. The Labute approximate surface area is 78.4 Å². The van der Waals surface area contributed by atoms with Crippen molar-refractivity contribution in [1.29, 1.82) is 0 Å². The fourth-order valence-corrected chi connectivity index (χ4v) is 2.40. The molecule has 0 aromatic rings. The SMILES string of the molecule is CN(C)S(=O)(=O)N1CCC(ON)C1. The maximum absolute atomic E-state index is 11.5. The Bertz CT molecular complexity index is 264. The lowest BCUT2D eigenvalue weighted by molar-refractivity contribution is 0.0640. The van der Waals surface area contributed by atoms with Crippen molar-refractivity contribution in [3.63, 3.8) is 0 Å². The van der Waals surface area contributed by atoms with E-state index in [0.29, 0.717) is 19.5 Å². The largest absolute Gasteiger partial charge is 0.300 e. The Morgan fingerprint density at radius 1 is 1.54 bits per heavy atom. The van der Waals surface area contributed by atoms with Crippen LogP contribution in [0.2, 0.25) is 0 Å². The molecule has 78 valence electrons. The normalized spacial score (nSPS) is 25.7. The minimum atomic E-state index is -3.29. The van der Waals surface area contributed by atoms with Crippen molar-refractivity contribution in [3.05, 3.63) is 0 Å². The average Bonchev–Trinajstić information content (AvgIpc) is 2.51. The first-order valence-electron chi connectivity index (χ1n) is 4.01. The third-order valence-corrected chi connectivity index (χ3v) is 4.00. The van der Waals surface area contributed by atoms with E-state index in [-0.39, 0.29) is 6.10 Å². The van der Waals surface area contributed by atoms with Gasteiger partial charge < -0.3 is 0 Å². The first kappa shape index (κ1) is 10.9. The van der Waals surface area contributed by atoms with Gasteiger partial charge in [-0.1, -0.05) is 0 Å². The molecule has 1 fully saturated rings. The molecular formula is C6H15N3O3S. The van der Waals surface area contributed by atoms with Gasteiger partial charge in [0.05, 0.1) is 6.10 Å². The quantitative estimate of drug-likeness (QED) is 0.590. The second-order valence-corrected chi connectivity index (χ2v) is 5.34. The zero-order valence-corrected chi connectivity index (χ0v) is 8.62. The second kappa shape index (κ2) is 3.89. The lowest BCUT2D eigenvalue weighted by atomic mass is 10.3. The number of hydrogen-bond donors (Lipinski definition) is 1. The lowest BCUT2D eigenvalue weighted by Gasteiger charge is -2.20. The van der Waals surface area contributed by atoms with Gasteiger partial charge in [0.25, 0.3) is 10.2 Å². The molecule has 0 radical (unpaired) electrons. The van der Waals surface area contributed by atoms with E-state index in [0.717, 1.165) is 0 Å². The van der Waals surface area contributed by atoms with Crippen LogP contribution < -0.4 is 5.90 Å². The Morgan fingerprint density at radius 3 is 2.54 bits per heavy atom. The molecule has 0 spiro atoms. The fraction of sp³-hybridized carbons (Fsp3) is 1.00. The second-order valence-electron chi connectivity index (χ2n) is 3.19. The molecule has 0 aromatic carbocycles. The topological polar surface area (TPSA) is 75.9 Å². The van der Waals surface area contributed by atoms with Crippen LogP contribution in [0.15, 0.2) is 0 Å². The molecule has 13 heavy (non-hydrogen) atoms. The van der Waals surface area contributed by atoms with Crippen LogP contribution in [0.5, 0.6) is 0 Å². The van der Waals surface area contributed by atoms with E-state index in [1.165, 1.54) is 22.7 Å². The molecule has 1 atom stereocenters. The summed E-state index contributed by atoms with van der Waals surface area (Å²) in [6.45, 7) is 0.819. The van der Waals surface area contributed by atoms with Crippen LogP contribution in [0, 0.1) is 0 Å². The smallest absolute Gasteiger partial charge is 0.281 e. The van der Waals surface area contributed by atoms with Crippen LogP contribution in [0.25, 0.3) is 0 Å². The van der Waals surface area contributed by atoms with Crippen LogP contribution in [0.3, 0.4) is 0 Å². The predicted molar refractivity (Wildman–Crippen MR) is 47.9 cm³/mol. The van der Waals surface area contributed by atoms with E-state index in [1.54, 1.807) is 0 Å². The molecule has 0 saturated carbocycles. The number of nitrogens with two attached hydrogens (primary N) is 1. The highest BCUT2D eigenvalue weighted by Gasteiger charge is 2.32. The number of hydrogen-bond acceptors (Lipinski definition) is 4. The third kappa shape index (κ3) is 2.18. The van der Waals surface area contributed by atoms with Gasteiger partial charge in [-0.2, -0.15) is 17.0 Å². The molecule has 0 aromatic heterocycles. The maximum atomic E-state index is 11.5. The molecule has 1 heterocycles. The summed E-state index contributed by atoms with van der Waals surface area (Å²) in [4.78, 5) is 4.59.